The summed E-state index contributed by atoms with van der Waals surface area (Å²) in [6.45, 7) is 2.86. The van der Waals surface area contributed by atoms with E-state index in [1.54, 1.807) is 12.3 Å². The third-order valence-corrected chi connectivity index (χ3v) is 4.09. The molecule has 120 valence electrons. The van der Waals surface area contributed by atoms with E-state index in [9.17, 15) is 4.79 Å². The smallest absolute Gasteiger partial charge is 0.272 e. The highest BCUT2D eigenvalue weighted by Gasteiger charge is 2.07. The Balaban J connectivity index is 1.88. The van der Waals surface area contributed by atoms with Gasteiger partial charge in [0.25, 0.3) is 5.91 Å². The van der Waals surface area contributed by atoms with E-state index in [0.717, 1.165) is 34.3 Å². The van der Waals surface area contributed by atoms with E-state index in [0.29, 0.717) is 5.56 Å². The third kappa shape index (κ3) is 5.67. The van der Waals surface area contributed by atoms with Gasteiger partial charge in [-0.15, -0.1) is 0 Å². The fourth-order valence-electron chi connectivity index (χ4n) is 1.86. The minimum absolute atomic E-state index is 0.217. The SMILES string of the molecule is CCCCOc1ccc(C=NNC(=O)c2ccccc2I)cc1. The minimum Gasteiger partial charge on any atom is -0.494 e. The summed E-state index contributed by atoms with van der Waals surface area (Å²) in [6, 6.07) is 15.0. The van der Waals surface area contributed by atoms with Crippen molar-refractivity contribution in [2.24, 2.45) is 5.10 Å². The molecule has 1 N–H and O–H groups in total. The topological polar surface area (TPSA) is 50.7 Å². The van der Waals surface area contributed by atoms with Crippen LogP contribution in [-0.4, -0.2) is 18.7 Å². The quantitative estimate of drug-likeness (QED) is 0.314. The third-order valence-electron chi connectivity index (χ3n) is 3.14. The molecule has 0 aliphatic carbocycles. The molecule has 0 spiro atoms. The van der Waals surface area contributed by atoms with Crippen molar-refractivity contribution < 1.29 is 9.53 Å². The van der Waals surface area contributed by atoms with Crippen LogP contribution in [0.2, 0.25) is 0 Å². The Morgan fingerprint density at radius 2 is 1.96 bits per heavy atom. The number of benzene rings is 2. The van der Waals surface area contributed by atoms with Crippen LogP contribution in [0.4, 0.5) is 0 Å². The Kier molecular flexibility index (Phi) is 7.06. The number of hydrazone groups is 1. The van der Waals surface area contributed by atoms with Gasteiger partial charge in [0.1, 0.15) is 5.75 Å². The number of ether oxygens (including phenoxy) is 1. The molecular weight excluding hydrogens is 403 g/mol. The summed E-state index contributed by atoms with van der Waals surface area (Å²) < 4.78 is 6.49. The first kappa shape index (κ1) is 17.5. The highest BCUT2D eigenvalue weighted by molar-refractivity contribution is 14.1. The van der Waals surface area contributed by atoms with E-state index < -0.39 is 0 Å². The van der Waals surface area contributed by atoms with Crippen molar-refractivity contribution in [2.45, 2.75) is 19.8 Å². The number of nitrogens with zero attached hydrogens (tertiary/aromatic N) is 1. The Morgan fingerprint density at radius 1 is 1.22 bits per heavy atom. The Hall–Kier alpha value is -1.89. The minimum atomic E-state index is -0.217. The van der Waals surface area contributed by atoms with Crippen LogP contribution in [0.25, 0.3) is 0 Å². The van der Waals surface area contributed by atoms with Gasteiger partial charge >= 0.3 is 0 Å². The van der Waals surface area contributed by atoms with Crippen molar-refractivity contribution in [3.63, 3.8) is 0 Å². The molecule has 2 aromatic carbocycles. The fraction of sp³-hybridized carbons (Fsp3) is 0.222. The molecule has 0 unspecified atom stereocenters. The second-order valence-corrected chi connectivity index (χ2v) is 6.11. The van der Waals surface area contributed by atoms with E-state index in [4.69, 9.17) is 4.74 Å². The van der Waals surface area contributed by atoms with E-state index in [-0.39, 0.29) is 5.91 Å². The molecule has 2 rings (SSSR count). The summed E-state index contributed by atoms with van der Waals surface area (Å²) in [5, 5.41) is 4.00. The normalized spacial score (nSPS) is 10.7. The molecule has 1 amide bonds. The standard InChI is InChI=1S/C18H19IN2O2/c1-2-3-12-23-15-10-8-14(9-11-15)13-20-21-18(22)16-6-4-5-7-17(16)19/h4-11,13H,2-3,12H2,1H3,(H,21,22). The van der Waals surface area contributed by atoms with Gasteiger partial charge in [0.2, 0.25) is 0 Å². The maximum Gasteiger partial charge on any atom is 0.272 e. The second kappa shape index (κ2) is 9.29. The predicted molar refractivity (Wildman–Crippen MR) is 101 cm³/mol. The lowest BCUT2D eigenvalue weighted by Crippen LogP contribution is -2.18. The van der Waals surface area contributed by atoms with Gasteiger partial charge in [0.05, 0.1) is 18.4 Å². The number of rotatable bonds is 7. The zero-order valence-corrected chi connectivity index (χ0v) is 15.1. The lowest BCUT2D eigenvalue weighted by Gasteiger charge is -2.05. The summed E-state index contributed by atoms with van der Waals surface area (Å²) in [5.41, 5.74) is 4.05. The molecule has 0 radical (unpaired) electrons. The van der Waals surface area contributed by atoms with Crippen molar-refractivity contribution >= 4 is 34.7 Å². The number of nitrogens with one attached hydrogen (secondary N) is 1. The predicted octanol–water partition coefficient (Wildman–Crippen LogP) is 4.23. The van der Waals surface area contributed by atoms with Crippen LogP contribution in [0.3, 0.4) is 0 Å². The molecular formula is C18H19IN2O2. The molecule has 4 nitrogen and oxygen atoms in total. The number of carbonyl (C=O) groups excluding carboxylic acids is 1. The first-order valence-electron chi connectivity index (χ1n) is 7.51. The van der Waals surface area contributed by atoms with E-state index in [2.05, 4.69) is 40.0 Å². The zero-order valence-electron chi connectivity index (χ0n) is 13.0. The van der Waals surface area contributed by atoms with Crippen molar-refractivity contribution in [1.29, 1.82) is 0 Å². The summed E-state index contributed by atoms with van der Waals surface area (Å²) in [4.78, 5) is 12.0. The number of hydrogen-bond donors (Lipinski definition) is 1. The van der Waals surface area contributed by atoms with Crippen LogP contribution in [0.1, 0.15) is 35.7 Å². The molecule has 0 heterocycles. The average Bonchev–Trinajstić information content (AvgIpc) is 2.57. The zero-order chi connectivity index (χ0) is 16.5. The first-order valence-corrected chi connectivity index (χ1v) is 8.59. The van der Waals surface area contributed by atoms with Crippen LogP contribution in [0, 0.1) is 3.57 Å². The molecule has 5 heteroatoms. The monoisotopic (exact) mass is 422 g/mol. The number of unbranched alkanes of at least 4 members (excludes halogenated alkanes) is 1. The van der Waals surface area contributed by atoms with Gasteiger partial charge in [-0.25, -0.2) is 5.43 Å². The largest absolute Gasteiger partial charge is 0.494 e. The van der Waals surface area contributed by atoms with E-state index in [1.165, 1.54) is 0 Å². The van der Waals surface area contributed by atoms with Crippen LogP contribution < -0.4 is 10.2 Å². The maximum atomic E-state index is 12.0. The Morgan fingerprint density at radius 3 is 2.65 bits per heavy atom. The van der Waals surface area contributed by atoms with Crippen LogP contribution in [0.5, 0.6) is 5.75 Å². The number of halogens is 1. The number of carbonyl (C=O) groups is 1. The van der Waals surface area contributed by atoms with Crippen LogP contribution in [0.15, 0.2) is 53.6 Å². The Bertz CT molecular complexity index is 669. The molecule has 0 saturated carbocycles. The number of amides is 1. The van der Waals surface area contributed by atoms with Gasteiger partial charge in [-0.05, 0) is 71.0 Å². The van der Waals surface area contributed by atoms with Gasteiger partial charge in [0.15, 0.2) is 0 Å². The van der Waals surface area contributed by atoms with Crippen molar-refractivity contribution in [2.75, 3.05) is 6.61 Å². The average molecular weight is 422 g/mol. The molecule has 0 aromatic heterocycles. The molecule has 0 aliphatic rings. The van der Waals surface area contributed by atoms with Gasteiger partial charge in [-0.3, -0.25) is 4.79 Å². The highest BCUT2D eigenvalue weighted by Crippen LogP contribution is 2.12. The lowest BCUT2D eigenvalue weighted by molar-refractivity contribution is 0.0954. The summed E-state index contributed by atoms with van der Waals surface area (Å²) >= 11 is 2.13. The van der Waals surface area contributed by atoms with Crippen molar-refractivity contribution in [1.82, 2.24) is 5.43 Å². The molecule has 0 bridgehead atoms. The van der Waals surface area contributed by atoms with Gasteiger partial charge in [-0.2, -0.15) is 5.10 Å². The molecule has 23 heavy (non-hydrogen) atoms. The summed E-state index contributed by atoms with van der Waals surface area (Å²) in [7, 11) is 0. The van der Waals surface area contributed by atoms with E-state index >= 15 is 0 Å². The maximum absolute atomic E-state index is 12.0. The molecule has 0 saturated heterocycles. The van der Waals surface area contributed by atoms with Gasteiger partial charge < -0.3 is 4.74 Å². The number of hydrogen-bond acceptors (Lipinski definition) is 3. The van der Waals surface area contributed by atoms with Gasteiger partial charge in [0, 0.05) is 3.57 Å². The Labute approximate surface area is 150 Å². The molecule has 2 aromatic rings. The summed E-state index contributed by atoms with van der Waals surface area (Å²) in [6.07, 6.45) is 3.78. The first-order chi connectivity index (χ1) is 11.2. The van der Waals surface area contributed by atoms with Crippen molar-refractivity contribution in [3.05, 3.63) is 63.2 Å². The summed E-state index contributed by atoms with van der Waals surface area (Å²) in [5.74, 6) is 0.629. The lowest BCUT2D eigenvalue weighted by atomic mass is 10.2. The van der Waals surface area contributed by atoms with Crippen molar-refractivity contribution in [3.8, 4) is 5.75 Å². The highest BCUT2D eigenvalue weighted by atomic mass is 127. The van der Waals surface area contributed by atoms with Crippen LogP contribution >= 0.6 is 22.6 Å². The fourth-order valence-corrected chi connectivity index (χ4v) is 2.49. The van der Waals surface area contributed by atoms with Gasteiger partial charge in [-0.1, -0.05) is 25.5 Å². The molecule has 0 fully saturated rings. The second-order valence-electron chi connectivity index (χ2n) is 4.95. The molecule has 0 aliphatic heterocycles. The molecule has 0 atom stereocenters. The van der Waals surface area contributed by atoms with E-state index in [1.807, 2.05) is 42.5 Å². The van der Waals surface area contributed by atoms with Crippen LogP contribution in [-0.2, 0) is 0 Å².